The molecule has 0 fully saturated rings. The highest BCUT2D eigenvalue weighted by Crippen LogP contribution is 2.22. The van der Waals surface area contributed by atoms with Gasteiger partial charge in [0, 0.05) is 12.4 Å². The Labute approximate surface area is 108 Å². The fourth-order valence-corrected chi connectivity index (χ4v) is 2.15. The highest BCUT2D eigenvalue weighted by atomic mass is 15.0. The van der Waals surface area contributed by atoms with Gasteiger partial charge in [0.2, 0.25) is 0 Å². The number of rotatable bonds is 4. The summed E-state index contributed by atoms with van der Waals surface area (Å²) in [5, 5.41) is 3.45. The van der Waals surface area contributed by atoms with Crippen molar-refractivity contribution in [2.45, 2.75) is 26.8 Å². The summed E-state index contributed by atoms with van der Waals surface area (Å²) in [6, 6.07) is 8.40. The minimum Gasteiger partial charge on any atom is -0.304 e. The van der Waals surface area contributed by atoms with Gasteiger partial charge in [0.15, 0.2) is 0 Å². The maximum atomic E-state index is 4.36. The van der Waals surface area contributed by atoms with Gasteiger partial charge < -0.3 is 5.32 Å². The molecule has 1 atom stereocenters. The molecule has 3 nitrogen and oxygen atoms in total. The predicted molar refractivity (Wildman–Crippen MR) is 73.5 cm³/mol. The summed E-state index contributed by atoms with van der Waals surface area (Å²) in [4.78, 5) is 8.73. The molecule has 1 aromatic carbocycles. The fraction of sp³-hybridized carbons (Fsp3) is 0.333. The number of hydrogen-bond donors (Lipinski definition) is 1. The van der Waals surface area contributed by atoms with Crippen molar-refractivity contribution in [3.05, 3.63) is 59.2 Å². The Balaban J connectivity index is 2.41. The first-order valence-corrected chi connectivity index (χ1v) is 6.29. The topological polar surface area (TPSA) is 37.8 Å². The molecule has 0 aliphatic carbocycles. The van der Waals surface area contributed by atoms with Crippen LogP contribution in [0.3, 0.4) is 0 Å². The van der Waals surface area contributed by atoms with Crippen molar-refractivity contribution in [1.82, 2.24) is 15.3 Å². The first-order valence-electron chi connectivity index (χ1n) is 6.29. The Hall–Kier alpha value is -1.74. The lowest BCUT2D eigenvalue weighted by Crippen LogP contribution is -2.24. The average Bonchev–Trinajstić information content (AvgIpc) is 2.38. The molecule has 1 heterocycles. The van der Waals surface area contributed by atoms with Gasteiger partial charge in [-0.25, -0.2) is 9.97 Å². The van der Waals surface area contributed by atoms with Crippen molar-refractivity contribution in [2.75, 3.05) is 6.54 Å². The van der Waals surface area contributed by atoms with Crippen molar-refractivity contribution in [2.24, 2.45) is 0 Å². The van der Waals surface area contributed by atoms with Crippen LogP contribution in [-0.4, -0.2) is 16.5 Å². The van der Waals surface area contributed by atoms with E-state index in [1.807, 2.05) is 6.07 Å². The van der Waals surface area contributed by atoms with Gasteiger partial charge in [0.1, 0.15) is 5.82 Å². The highest BCUT2D eigenvalue weighted by molar-refractivity contribution is 5.35. The van der Waals surface area contributed by atoms with Crippen LogP contribution in [0.5, 0.6) is 0 Å². The van der Waals surface area contributed by atoms with Crippen LogP contribution in [0, 0.1) is 13.8 Å². The van der Waals surface area contributed by atoms with Crippen LogP contribution in [0.1, 0.15) is 35.5 Å². The van der Waals surface area contributed by atoms with Crippen LogP contribution in [0.4, 0.5) is 0 Å². The molecule has 0 saturated heterocycles. The molecule has 1 N–H and O–H groups in total. The Morgan fingerprint density at radius 3 is 2.50 bits per heavy atom. The number of nitrogens with one attached hydrogen (secondary N) is 1. The Bertz CT molecular complexity index is 508. The molecule has 0 saturated carbocycles. The molecular weight excluding hydrogens is 222 g/mol. The van der Waals surface area contributed by atoms with Gasteiger partial charge in [-0.2, -0.15) is 0 Å². The zero-order valence-corrected chi connectivity index (χ0v) is 11.1. The Morgan fingerprint density at radius 2 is 1.89 bits per heavy atom. The number of hydrogen-bond acceptors (Lipinski definition) is 3. The van der Waals surface area contributed by atoms with Gasteiger partial charge in [-0.05, 0) is 37.6 Å². The smallest absolute Gasteiger partial charge is 0.149 e. The van der Waals surface area contributed by atoms with Gasteiger partial charge in [-0.1, -0.05) is 30.7 Å². The zero-order chi connectivity index (χ0) is 13.0. The SMILES string of the molecule is CCNC(c1ncccn1)c1ccc(C)cc1C. The van der Waals surface area contributed by atoms with E-state index in [2.05, 4.69) is 54.3 Å². The molecule has 2 rings (SSSR count). The van der Waals surface area contributed by atoms with E-state index in [9.17, 15) is 0 Å². The summed E-state index contributed by atoms with van der Waals surface area (Å²) in [6.07, 6.45) is 3.58. The lowest BCUT2D eigenvalue weighted by Gasteiger charge is -2.19. The summed E-state index contributed by atoms with van der Waals surface area (Å²) >= 11 is 0. The number of aromatic nitrogens is 2. The fourth-order valence-electron chi connectivity index (χ4n) is 2.15. The molecule has 0 aliphatic rings. The molecule has 1 aromatic heterocycles. The van der Waals surface area contributed by atoms with E-state index in [0.29, 0.717) is 0 Å². The third-order valence-electron chi connectivity index (χ3n) is 2.99. The second kappa shape index (κ2) is 5.74. The minimum atomic E-state index is 0.0665. The van der Waals surface area contributed by atoms with Crippen LogP contribution in [0.25, 0.3) is 0 Å². The molecular formula is C15H19N3. The van der Waals surface area contributed by atoms with Crippen LogP contribution in [0.15, 0.2) is 36.7 Å². The third kappa shape index (κ3) is 2.74. The van der Waals surface area contributed by atoms with Crippen molar-refractivity contribution in [3.63, 3.8) is 0 Å². The van der Waals surface area contributed by atoms with Gasteiger partial charge >= 0.3 is 0 Å². The van der Waals surface area contributed by atoms with E-state index < -0.39 is 0 Å². The zero-order valence-electron chi connectivity index (χ0n) is 11.1. The Kier molecular flexibility index (Phi) is 4.05. The number of nitrogens with zero attached hydrogens (tertiary/aromatic N) is 2. The first kappa shape index (κ1) is 12.7. The molecule has 0 bridgehead atoms. The van der Waals surface area contributed by atoms with E-state index >= 15 is 0 Å². The molecule has 18 heavy (non-hydrogen) atoms. The highest BCUT2D eigenvalue weighted by Gasteiger charge is 2.17. The molecule has 0 radical (unpaired) electrons. The Morgan fingerprint density at radius 1 is 1.17 bits per heavy atom. The van der Waals surface area contributed by atoms with E-state index in [4.69, 9.17) is 0 Å². The van der Waals surface area contributed by atoms with Crippen molar-refractivity contribution >= 4 is 0 Å². The average molecular weight is 241 g/mol. The van der Waals surface area contributed by atoms with Gasteiger partial charge in [0.05, 0.1) is 6.04 Å². The lowest BCUT2D eigenvalue weighted by molar-refractivity contribution is 0.594. The van der Waals surface area contributed by atoms with Crippen molar-refractivity contribution in [1.29, 1.82) is 0 Å². The largest absolute Gasteiger partial charge is 0.304 e. The molecule has 2 aromatic rings. The normalized spacial score (nSPS) is 12.4. The minimum absolute atomic E-state index is 0.0665. The quantitative estimate of drug-likeness (QED) is 0.894. The van der Waals surface area contributed by atoms with Gasteiger partial charge in [0.25, 0.3) is 0 Å². The predicted octanol–water partition coefficient (Wildman–Crippen LogP) is 2.79. The second-order valence-corrected chi connectivity index (χ2v) is 4.46. The molecule has 1 unspecified atom stereocenters. The summed E-state index contributed by atoms with van der Waals surface area (Å²) in [5.41, 5.74) is 3.79. The van der Waals surface area contributed by atoms with Crippen LogP contribution in [-0.2, 0) is 0 Å². The van der Waals surface area contributed by atoms with E-state index in [1.54, 1.807) is 12.4 Å². The van der Waals surface area contributed by atoms with Crippen LogP contribution >= 0.6 is 0 Å². The summed E-state index contributed by atoms with van der Waals surface area (Å²) in [7, 11) is 0. The van der Waals surface area contributed by atoms with Crippen LogP contribution in [0.2, 0.25) is 0 Å². The van der Waals surface area contributed by atoms with E-state index in [1.165, 1.54) is 16.7 Å². The maximum Gasteiger partial charge on any atom is 0.149 e. The number of benzene rings is 1. The second-order valence-electron chi connectivity index (χ2n) is 4.46. The summed E-state index contributed by atoms with van der Waals surface area (Å²) < 4.78 is 0. The summed E-state index contributed by atoms with van der Waals surface area (Å²) in [6.45, 7) is 7.23. The molecule has 0 spiro atoms. The van der Waals surface area contributed by atoms with E-state index in [-0.39, 0.29) is 6.04 Å². The maximum absolute atomic E-state index is 4.36. The standard InChI is InChI=1S/C15H19N3/c1-4-16-14(15-17-8-5-9-18-15)13-7-6-11(2)10-12(13)3/h5-10,14,16H,4H2,1-3H3. The van der Waals surface area contributed by atoms with Gasteiger partial charge in [-0.15, -0.1) is 0 Å². The molecule has 0 aliphatic heterocycles. The molecule has 0 amide bonds. The molecule has 94 valence electrons. The van der Waals surface area contributed by atoms with E-state index in [0.717, 1.165) is 12.4 Å². The number of aryl methyl sites for hydroxylation is 2. The molecule has 3 heteroatoms. The first-order chi connectivity index (χ1) is 8.72. The summed E-state index contributed by atoms with van der Waals surface area (Å²) in [5.74, 6) is 0.825. The van der Waals surface area contributed by atoms with Crippen LogP contribution < -0.4 is 5.32 Å². The lowest BCUT2D eigenvalue weighted by atomic mass is 9.98. The van der Waals surface area contributed by atoms with Gasteiger partial charge in [-0.3, -0.25) is 0 Å². The third-order valence-corrected chi connectivity index (χ3v) is 2.99. The monoisotopic (exact) mass is 241 g/mol. The van der Waals surface area contributed by atoms with Crippen molar-refractivity contribution in [3.8, 4) is 0 Å². The van der Waals surface area contributed by atoms with Crippen molar-refractivity contribution < 1.29 is 0 Å².